The van der Waals surface area contributed by atoms with E-state index in [4.69, 9.17) is 27.6 Å². The van der Waals surface area contributed by atoms with Crippen molar-refractivity contribution in [2.75, 3.05) is 0 Å². The smallest absolute Gasteiger partial charge is 0.263 e. The van der Waals surface area contributed by atoms with Gasteiger partial charge >= 0.3 is 0 Å². The van der Waals surface area contributed by atoms with E-state index in [0.717, 1.165) is 0 Å². The van der Waals surface area contributed by atoms with Gasteiger partial charge < -0.3 is 9.74 Å². The highest BCUT2D eigenvalue weighted by Crippen LogP contribution is 2.40. The molecule has 1 heterocycles. The Labute approximate surface area is 208 Å². The quantitative estimate of drug-likeness (QED) is 0.383. The zero-order chi connectivity index (χ0) is 25.5. The zero-order valence-corrected chi connectivity index (χ0v) is 23.5. The number of carbonyl (C=O) groups is 3. The normalized spacial score (nSPS) is 20.7. The van der Waals surface area contributed by atoms with Crippen molar-refractivity contribution in [2.24, 2.45) is 11.8 Å². The first-order valence-electron chi connectivity index (χ1n) is 11.3. The average molecular weight is 516 g/mol. The van der Waals surface area contributed by atoms with Crippen molar-refractivity contribution in [3.63, 3.8) is 0 Å². The number of nitrogens with one attached hydrogen (secondary N) is 1. The Morgan fingerprint density at radius 1 is 1.09 bits per heavy atom. The predicted octanol–water partition coefficient (Wildman–Crippen LogP) is 5.53. The van der Waals surface area contributed by atoms with Crippen LogP contribution < -0.4 is 5.32 Å². The van der Waals surface area contributed by atoms with E-state index in [1.807, 2.05) is 6.92 Å². The highest BCUT2D eigenvalue weighted by Gasteiger charge is 2.51. The molecule has 1 aliphatic heterocycles. The maximum atomic E-state index is 13.5. The molecule has 1 saturated heterocycles. The van der Waals surface area contributed by atoms with E-state index in [-0.39, 0.29) is 38.6 Å². The van der Waals surface area contributed by atoms with Crippen LogP contribution in [0, 0.1) is 11.8 Å². The minimum atomic E-state index is -2.11. The van der Waals surface area contributed by atoms with Crippen molar-refractivity contribution < 1.29 is 18.8 Å². The maximum Gasteiger partial charge on any atom is 0.263 e. The lowest BCUT2D eigenvalue weighted by molar-refractivity contribution is -0.147. The molecule has 6 nitrogen and oxygen atoms in total. The summed E-state index contributed by atoms with van der Waals surface area (Å²) in [6.45, 7) is 17.8. The molecule has 9 heteroatoms. The summed E-state index contributed by atoms with van der Waals surface area (Å²) in [6, 6.07) is 3.92. The van der Waals surface area contributed by atoms with Gasteiger partial charge in [0.05, 0.1) is 39.6 Å². The number of amides is 3. The summed E-state index contributed by atoms with van der Waals surface area (Å²) < 4.78 is 6.44. The molecule has 1 fully saturated rings. The number of hydrogen-bond acceptors (Lipinski definition) is 4. The molecule has 0 aliphatic carbocycles. The number of imide groups is 1. The lowest BCUT2D eigenvalue weighted by Gasteiger charge is -2.47. The summed E-state index contributed by atoms with van der Waals surface area (Å²) >= 11 is 12.5. The Morgan fingerprint density at radius 3 is 2.03 bits per heavy atom. The minimum absolute atomic E-state index is 0.00645. The van der Waals surface area contributed by atoms with Crippen molar-refractivity contribution in [3.05, 3.63) is 33.8 Å². The standard InChI is InChI=1S/C24H36Cl2N2O4Si/c1-13(2)28(23(31)19-16(25)11-10-12-17(19)26)22(30)14(3)20-18(21(29)27-20)15(4)32-33(8,9)24(5,6)7/h10-15,18,20H,1-9H3,(H,27,29)/t14-,15-,18-,20-/m1/s1. The third-order valence-electron chi connectivity index (χ3n) is 6.87. The zero-order valence-electron chi connectivity index (χ0n) is 21.0. The van der Waals surface area contributed by atoms with Gasteiger partial charge in [-0.2, -0.15) is 0 Å². The fraction of sp³-hybridized carbons (Fsp3) is 0.625. The summed E-state index contributed by atoms with van der Waals surface area (Å²) in [6.07, 6.45) is -0.346. The largest absolute Gasteiger partial charge is 0.413 e. The number of halogens is 2. The van der Waals surface area contributed by atoms with Gasteiger partial charge in [-0.3, -0.25) is 19.3 Å². The average Bonchev–Trinajstić information content (AvgIpc) is 2.63. The molecule has 0 unspecified atom stereocenters. The Balaban J connectivity index is 2.27. The van der Waals surface area contributed by atoms with Gasteiger partial charge in [-0.15, -0.1) is 0 Å². The SMILES string of the molecule is CC(C)N(C(=O)c1c(Cl)cccc1Cl)C(=O)[C@H](C)[C@H]1NC(=O)[C@@H]1[C@@H](C)O[Si](C)(C)C(C)(C)C. The highest BCUT2D eigenvalue weighted by molar-refractivity contribution is 6.74. The molecule has 4 atom stereocenters. The number of rotatable bonds is 7. The van der Waals surface area contributed by atoms with Crippen molar-refractivity contribution >= 4 is 49.2 Å². The van der Waals surface area contributed by atoms with Crippen molar-refractivity contribution in [1.82, 2.24) is 10.2 Å². The summed E-state index contributed by atoms with van der Waals surface area (Å²) in [7, 11) is -2.11. The van der Waals surface area contributed by atoms with Crippen molar-refractivity contribution in [1.29, 1.82) is 0 Å². The van der Waals surface area contributed by atoms with Crippen molar-refractivity contribution in [2.45, 2.75) is 84.8 Å². The van der Waals surface area contributed by atoms with Gasteiger partial charge in [0.25, 0.3) is 5.91 Å². The van der Waals surface area contributed by atoms with Gasteiger partial charge in [0.15, 0.2) is 8.32 Å². The number of benzene rings is 1. The van der Waals surface area contributed by atoms with Crippen LogP contribution in [0.4, 0.5) is 0 Å². The number of nitrogens with zero attached hydrogens (tertiary/aromatic N) is 1. The molecule has 0 bridgehead atoms. The lowest BCUT2D eigenvalue weighted by Crippen LogP contribution is -2.68. The molecular weight excluding hydrogens is 479 g/mol. The molecule has 0 aromatic heterocycles. The van der Waals surface area contributed by atoms with E-state index in [1.165, 1.54) is 4.90 Å². The topological polar surface area (TPSA) is 75.7 Å². The van der Waals surface area contributed by atoms with Crippen LogP contribution in [0.1, 0.15) is 58.8 Å². The fourth-order valence-corrected chi connectivity index (χ4v) is 5.85. The molecule has 184 valence electrons. The van der Waals surface area contributed by atoms with Gasteiger partial charge in [-0.1, -0.05) is 57.0 Å². The van der Waals surface area contributed by atoms with Crippen molar-refractivity contribution in [3.8, 4) is 0 Å². The highest BCUT2D eigenvalue weighted by atomic mass is 35.5. The third-order valence-corrected chi connectivity index (χ3v) is 12.1. The molecule has 1 N–H and O–H groups in total. The molecule has 1 aliphatic rings. The van der Waals surface area contributed by atoms with Gasteiger partial charge in [0, 0.05) is 6.04 Å². The second-order valence-electron chi connectivity index (χ2n) is 10.6. The third kappa shape index (κ3) is 5.64. The number of β-lactam (4-membered cyclic amide) rings is 1. The van der Waals surface area contributed by atoms with Crippen LogP contribution in [-0.2, 0) is 14.0 Å². The van der Waals surface area contributed by atoms with E-state index in [1.54, 1.807) is 39.0 Å². The van der Waals surface area contributed by atoms with Gasteiger partial charge in [-0.25, -0.2) is 0 Å². The molecular formula is C24H36Cl2N2O4Si. The van der Waals surface area contributed by atoms with Crippen LogP contribution in [0.25, 0.3) is 0 Å². The van der Waals surface area contributed by atoms with Crippen LogP contribution in [0.2, 0.25) is 28.2 Å². The van der Waals surface area contributed by atoms with E-state index >= 15 is 0 Å². The second-order valence-corrected chi connectivity index (χ2v) is 16.2. The van der Waals surface area contributed by atoms with Crippen LogP contribution >= 0.6 is 23.2 Å². The maximum absolute atomic E-state index is 13.5. The Morgan fingerprint density at radius 2 is 1.61 bits per heavy atom. The number of carbonyl (C=O) groups excluding carboxylic acids is 3. The summed E-state index contributed by atoms with van der Waals surface area (Å²) in [5.41, 5.74) is 0.0962. The first-order chi connectivity index (χ1) is 15.0. The Hall–Kier alpha value is -1.41. The molecule has 33 heavy (non-hydrogen) atoms. The predicted molar refractivity (Wildman–Crippen MR) is 135 cm³/mol. The van der Waals surface area contributed by atoms with E-state index in [0.29, 0.717) is 0 Å². The fourth-order valence-electron chi connectivity index (χ4n) is 3.86. The number of hydrogen-bond donors (Lipinski definition) is 1. The van der Waals surface area contributed by atoms with E-state index in [9.17, 15) is 14.4 Å². The lowest BCUT2D eigenvalue weighted by atomic mass is 9.78. The second kappa shape index (κ2) is 10.1. The van der Waals surface area contributed by atoms with Gasteiger partial charge in [0.1, 0.15) is 0 Å². The first-order valence-corrected chi connectivity index (χ1v) is 15.0. The summed E-state index contributed by atoms with van der Waals surface area (Å²) in [4.78, 5) is 40.5. The first kappa shape index (κ1) is 27.8. The molecule has 3 amide bonds. The molecule has 1 aromatic carbocycles. The van der Waals surface area contributed by atoms with E-state index < -0.39 is 38.1 Å². The van der Waals surface area contributed by atoms with Crippen LogP contribution in [0.15, 0.2) is 18.2 Å². The molecule has 0 saturated carbocycles. The van der Waals surface area contributed by atoms with Crippen LogP contribution in [0.5, 0.6) is 0 Å². The molecule has 0 spiro atoms. The Kier molecular flexibility index (Phi) is 8.48. The molecule has 2 rings (SSSR count). The van der Waals surface area contributed by atoms with Gasteiger partial charge in [-0.05, 0) is 51.0 Å². The molecule has 0 radical (unpaired) electrons. The Bertz CT molecular complexity index is 909. The summed E-state index contributed by atoms with van der Waals surface area (Å²) in [5, 5.41) is 3.22. The molecule has 1 aromatic rings. The van der Waals surface area contributed by atoms with Crippen LogP contribution in [-0.4, -0.2) is 49.1 Å². The monoisotopic (exact) mass is 514 g/mol. The summed E-state index contributed by atoms with van der Waals surface area (Å²) in [5.74, 6) is -2.18. The van der Waals surface area contributed by atoms with Crippen LogP contribution in [0.3, 0.4) is 0 Å². The van der Waals surface area contributed by atoms with Gasteiger partial charge in [0.2, 0.25) is 11.8 Å². The minimum Gasteiger partial charge on any atom is -0.413 e. The van der Waals surface area contributed by atoms with E-state index in [2.05, 4.69) is 39.2 Å².